The van der Waals surface area contributed by atoms with Crippen LogP contribution >= 0.6 is 0 Å². The SMILES string of the molecule is CCC(C)(CC)c1ccc(C(CC)(CC)N(c2ccccc2)c2ccc(N(c3ccccc3)c3ccc4ccccc4c3)cc2)cc1. The van der Waals surface area contributed by atoms with E-state index in [2.05, 4.69) is 196 Å². The number of rotatable bonds is 12. The number of hydrogen-bond donors (Lipinski definition) is 0. The molecule has 238 valence electrons. The topological polar surface area (TPSA) is 6.48 Å². The summed E-state index contributed by atoms with van der Waals surface area (Å²) in [5, 5.41) is 2.48. The third-order valence-corrected chi connectivity index (χ3v) is 10.7. The highest BCUT2D eigenvalue weighted by Gasteiger charge is 2.37. The zero-order valence-corrected chi connectivity index (χ0v) is 28.7. The van der Waals surface area contributed by atoms with Crippen LogP contribution in [-0.4, -0.2) is 0 Å². The normalized spacial score (nSPS) is 11.9. The molecule has 6 rings (SSSR count). The Morgan fingerprint density at radius 2 is 0.851 bits per heavy atom. The van der Waals surface area contributed by atoms with E-state index in [0.717, 1.165) is 42.7 Å². The van der Waals surface area contributed by atoms with Gasteiger partial charge in [0.25, 0.3) is 0 Å². The molecule has 0 N–H and O–H groups in total. The van der Waals surface area contributed by atoms with Crippen LogP contribution in [0.3, 0.4) is 0 Å². The summed E-state index contributed by atoms with van der Waals surface area (Å²) >= 11 is 0. The number of para-hydroxylation sites is 2. The Balaban J connectivity index is 1.45. The lowest BCUT2D eigenvalue weighted by molar-refractivity contribution is 0.402. The van der Waals surface area contributed by atoms with Crippen LogP contribution < -0.4 is 9.80 Å². The predicted octanol–water partition coefficient (Wildman–Crippen LogP) is 13.2. The van der Waals surface area contributed by atoms with Gasteiger partial charge in [0.05, 0.1) is 5.54 Å². The largest absolute Gasteiger partial charge is 0.331 e. The van der Waals surface area contributed by atoms with E-state index in [-0.39, 0.29) is 11.0 Å². The molecular formula is C45H48N2. The van der Waals surface area contributed by atoms with Crippen molar-refractivity contribution in [1.82, 2.24) is 0 Å². The molecule has 0 unspecified atom stereocenters. The van der Waals surface area contributed by atoms with Crippen LogP contribution in [0.4, 0.5) is 28.4 Å². The third-order valence-electron chi connectivity index (χ3n) is 10.7. The fraction of sp³-hybridized carbons (Fsp3) is 0.244. The smallest absolute Gasteiger partial charge is 0.0697 e. The van der Waals surface area contributed by atoms with Gasteiger partial charge in [-0.05, 0) is 114 Å². The average Bonchev–Trinajstić information content (AvgIpc) is 3.15. The summed E-state index contributed by atoms with van der Waals surface area (Å²) in [6.45, 7) is 11.7. The first-order valence-electron chi connectivity index (χ1n) is 17.4. The molecule has 6 aromatic carbocycles. The number of benzene rings is 6. The van der Waals surface area contributed by atoms with Crippen LogP contribution in [0.1, 0.15) is 71.4 Å². The minimum absolute atomic E-state index is 0.199. The van der Waals surface area contributed by atoms with Crippen molar-refractivity contribution < 1.29 is 0 Å². The maximum atomic E-state index is 2.58. The number of hydrogen-bond acceptors (Lipinski definition) is 2. The molecule has 0 spiro atoms. The molecule has 47 heavy (non-hydrogen) atoms. The second-order valence-electron chi connectivity index (χ2n) is 13.0. The van der Waals surface area contributed by atoms with Gasteiger partial charge in [-0.2, -0.15) is 0 Å². The Kier molecular flexibility index (Phi) is 9.50. The van der Waals surface area contributed by atoms with Crippen molar-refractivity contribution in [3.05, 3.63) is 163 Å². The van der Waals surface area contributed by atoms with E-state index < -0.39 is 0 Å². The quantitative estimate of drug-likeness (QED) is 0.135. The summed E-state index contributed by atoms with van der Waals surface area (Å²) in [4.78, 5) is 4.93. The van der Waals surface area contributed by atoms with Gasteiger partial charge in [0.2, 0.25) is 0 Å². The van der Waals surface area contributed by atoms with Crippen molar-refractivity contribution in [2.75, 3.05) is 9.80 Å². The van der Waals surface area contributed by atoms with Crippen molar-refractivity contribution in [2.24, 2.45) is 0 Å². The van der Waals surface area contributed by atoms with Crippen LogP contribution in [-0.2, 0) is 11.0 Å². The first-order valence-corrected chi connectivity index (χ1v) is 17.4. The summed E-state index contributed by atoms with van der Waals surface area (Å²) in [6.07, 6.45) is 4.23. The molecule has 0 heterocycles. The van der Waals surface area contributed by atoms with Crippen LogP contribution in [0.5, 0.6) is 0 Å². The summed E-state index contributed by atoms with van der Waals surface area (Å²) in [7, 11) is 0. The van der Waals surface area contributed by atoms with E-state index in [4.69, 9.17) is 0 Å². The summed E-state index contributed by atoms with van der Waals surface area (Å²) in [5.41, 5.74) is 8.57. The Morgan fingerprint density at radius 3 is 1.43 bits per heavy atom. The number of fused-ring (bicyclic) bond motifs is 1. The number of anilines is 5. The minimum atomic E-state index is -0.215. The molecule has 6 aromatic rings. The van der Waals surface area contributed by atoms with Gasteiger partial charge in [0, 0.05) is 28.4 Å². The van der Waals surface area contributed by atoms with Gasteiger partial charge in [-0.1, -0.05) is 126 Å². The zero-order chi connectivity index (χ0) is 32.9. The summed E-state index contributed by atoms with van der Waals surface area (Å²) < 4.78 is 0. The first kappa shape index (κ1) is 32.1. The molecular weight excluding hydrogens is 569 g/mol. The standard InChI is InChI=1S/C45H48N2/c1-6-44(5,7-2)37-25-27-38(28-26-37)45(8-3,9-4)47(41-22-14-11-15-23-41)42-32-30-40(31-33-42)46(39-20-12-10-13-21-39)43-29-24-35-18-16-17-19-36(35)34-43/h10-34H,6-9H2,1-5H3. The van der Waals surface area contributed by atoms with Gasteiger partial charge < -0.3 is 9.80 Å². The second-order valence-corrected chi connectivity index (χ2v) is 13.0. The van der Waals surface area contributed by atoms with Gasteiger partial charge in [0.1, 0.15) is 0 Å². The molecule has 2 nitrogen and oxygen atoms in total. The molecule has 0 fully saturated rings. The minimum Gasteiger partial charge on any atom is -0.331 e. The molecule has 0 saturated carbocycles. The van der Waals surface area contributed by atoms with Gasteiger partial charge in [0.15, 0.2) is 0 Å². The molecule has 2 heteroatoms. The van der Waals surface area contributed by atoms with Gasteiger partial charge in [-0.3, -0.25) is 0 Å². The molecule has 0 aliphatic heterocycles. The Hall–Kier alpha value is -4.82. The van der Waals surface area contributed by atoms with E-state index in [1.807, 2.05) is 0 Å². The molecule has 0 aromatic heterocycles. The van der Waals surface area contributed by atoms with Crippen molar-refractivity contribution in [2.45, 2.75) is 71.3 Å². The first-order chi connectivity index (χ1) is 23.0. The molecule has 0 aliphatic carbocycles. The molecule has 0 aliphatic rings. The maximum absolute atomic E-state index is 2.58. The highest BCUT2D eigenvalue weighted by molar-refractivity contribution is 5.89. The summed E-state index contributed by atoms with van der Waals surface area (Å²) in [6, 6.07) is 55.6. The fourth-order valence-electron chi connectivity index (χ4n) is 7.26. The van der Waals surface area contributed by atoms with Crippen LogP contribution in [0.15, 0.2) is 152 Å². The second kappa shape index (κ2) is 13.9. The van der Waals surface area contributed by atoms with E-state index in [1.165, 1.54) is 33.3 Å². The molecule has 0 bridgehead atoms. The average molecular weight is 617 g/mol. The van der Waals surface area contributed by atoms with Gasteiger partial charge in [-0.15, -0.1) is 0 Å². The molecule has 0 amide bonds. The fourth-order valence-corrected chi connectivity index (χ4v) is 7.26. The lowest BCUT2D eigenvalue weighted by Crippen LogP contribution is -2.42. The monoisotopic (exact) mass is 616 g/mol. The van der Waals surface area contributed by atoms with Crippen molar-refractivity contribution in [3.8, 4) is 0 Å². The Labute approximate surface area is 282 Å². The predicted molar refractivity (Wildman–Crippen MR) is 204 cm³/mol. The van der Waals surface area contributed by atoms with Crippen LogP contribution in [0.25, 0.3) is 10.8 Å². The van der Waals surface area contributed by atoms with Crippen molar-refractivity contribution >= 4 is 39.2 Å². The molecule has 0 saturated heterocycles. The number of nitrogens with zero attached hydrogens (tertiary/aromatic N) is 2. The van der Waals surface area contributed by atoms with Crippen molar-refractivity contribution in [1.29, 1.82) is 0 Å². The molecule has 0 atom stereocenters. The highest BCUT2D eigenvalue weighted by Crippen LogP contribution is 2.46. The van der Waals surface area contributed by atoms with E-state index in [0.29, 0.717) is 0 Å². The molecule has 0 radical (unpaired) electrons. The van der Waals surface area contributed by atoms with E-state index >= 15 is 0 Å². The third kappa shape index (κ3) is 6.17. The zero-order valence-electron chi connectivity index (χ0n) is 28.7. The maximum Gasteiger partial charge on any atom is 0.0697 e. The van der Waals surface area contributed by atoms with Crippen LogP contribution in [0.2, 0.25) is 0 Å². The highest BCUT2D eigenvalue weighted by atomic mass is 15.2. The van der Waals surface area contributed by atoms with Crippen LogP contribution in [0, 0.1) is 0 Å². The lowest BCUT2D eigenvalue weighted by atomic mass is 9.76. The van der Waals surface area contributed by atoms with Crippen molar-refractivity contribution in [3.63, 3.8) is 0 Å². The van der Waals surface area contributed by atoms with E-state index in [9.17, 15) is 0 Å². The lowest BCUT2D eigenvalue weighted by Gasteiger charge is -2.46. The Morgan fingerprint density at radius 1 is 0.404 bits per heavy atom. The summed E-state index contributed by atoms with van der Waals surface area (Å²) in [5.74, 6) is 0. The Bertz CT molecular complexity index is 1870. The van der Waals surface area contributed by atoms with E-state index in [1.54, 1.807) is 0 Å². The van der Waals surface area contributed by atoms with Gasteiger partial charge >= 0.3 is 0 Å². The van der Waals surface area contributed by atoms with Gasteiger partial charge in [-0.25, -0.2) is 0 Å².